The number of hydrogen-bond acceptors (Lipinski definition) is 12. The molecule has 0 atom stereocenters. The highest BCUT2D eigenvalue weighted by Crippen LogP contribution is 2.11. The third kappa shape index (κ3) is 49.3. The predicted molar refractivity (Wildman–Crippen MR) is 208 cm³/mol. The van der Waals surface area contributed by atoms with Crippen molar-refractivity contribution in [1.82, 2.24) is 0 Å². The molecule has 0 amide bonds. The Labute approximate surface area is 318 Å². The first-order valence-electron chi connectivity index (χ1n) is 20.6. The van der Waals surface area contributed by atoms with Crippen LogP contribution < -0.4 is 5.73 Å². The number of hydrogen-bond donors (Lipinski definition) is 1. The molecule has 0 unspecified atom stereocenters. The van der Waals surface area contributed by atoms with Crippen LogP contribution in [0.3, 0.4) is 0 Å². The number of ether oxygens (including phenoxy) is 11. The lowest BCUT2D eigenvalue weighted by atomic mass is 10.1. The number of unbranched alkanes of at least 4 members (excludes halogenated alkanes) is 12. The largest absolute Gasteiger partial charge is 0.379 e. The smallest absolute Gasteiger partial charge is 0.0701 e. The van der Waals surface area contributed by atoms with Crippen LogP contribution in [0, 0.1) is 0 Å². The summed E-state index contributed by atoms with van der Waals surface area (Å²) in [7, 11) is 0. The van der Waals surface area contributed by atoms with Gasteiger partial charge in [0.05, 0.1) is 139 Å². The van der Waals surface area contributed by atoms with E-state index in [1.807, 2.05) is 0 Å². The molecule has 12 nitrogen and oxygen atoms in total. The van der Waals surface area contributed by atoms with Crippen molar-refractivity contribution >= 4 is 0 Å². The van der Waals surface area contributed by atoms with Crippen molar-refractivity contribution < 1.29 is 52.1 Å². The van der Waals surface area contributed by atoms with Gasteiger partial charge in [0.1, 0.15) is 0 Å². The van der Waals surface area contributed by atoms with Crippen molar-refractivity contribution in [2.45, 2.75) is 96.8 Å². The van der Waals surface area contributed by atoms with Gasteiger partial charge >= 0.3 is 0 Å². The quantitative estimate of drug-likeness (QED) is 0.0565. The topological polar surface area (TPSA) is 128 Å². The average Bonchev–Trinajstić information content (AvgIpc) is 3.16. The van der Waals surface area contributed by atoms with Crippen LogP contribution in [0.4, 0.5) is 0 Å². The van der Waals surface area contributed by atoms with Gasteiger partial charge in [-0.15, -0.1) is 0 Å². The standard InChI is InChI=1S/C40H81NO11/c1-2-3-4-5-6-7-8-9-10-11-12-13-14-15-16-17-19-42-21-23-44-25-27-46-29-31-48-33-35-50-37-39-52-40-38-51-36-34-49-32-30-47-28-26-45-24-22-43-20-18-41/h12-13H,2-11,14-41H2,1H3/b13-12+. The van der Waals surface area contributed by atoms with Crippen LogP contribution in [0.15, 0.2) is 12.2 Å². The maximum atomic E-state index is 5.67. The van der Waals surface area contributed by atoms with Crippen molar-refractivity contribution in [3.8, 4) is 0 Å². The van der Waals surface area contributed by atoms with Gasteiger partial charge in [-0.25, -0.2) is 0 Å². The lowest BCUT2D eigenvalue weighted by Gasteiger charge is -2.09. The first-order valence-corrected chi connectivity index (χ1v) is 20.6. The van der Waals surface area contributed by atoms with Crippen molar-refractivity contribution in [3.05, 3.63) is 12.2 Å². The first kappa shape index (κ1) is 51.3. The molecular weight excluding hydrogens is 670 g/mol. The fourth-order valence-electron chi connectivity index (χ4n) is 4.84. The van der Waals surface area contributed by atoms with Crippen molar-refractivity contribution in [3.63, 3.8) is 0 Å². The van der Waals surface area contributed by atoms with Crippen LogP contribution in [0.2, 0.25) is 0 Å². The minimum atomic E-state index is 0.520. The zero-order chi connectivity index (χ0) is 37.4. The Hall–Kier alpha value is -0.740. The SMILES string of the molecule is CCCCCCCCCCC/C=C/CCCCCOCCOCCOCCOCCOCCOCCOCCOCCOCCOCCOCCN. The van der Waals surface area contributed by atoms with Crippen LogP contribution in [0.25, 0.3) is 0 Å². The summed E-state index contributed by atoms with van der Waals surface area (Å²) in [6, 6.07) is 0. The van der Waals surface area contributed by atoms with Gasteiger partial charge in [-0.2, -0.15) is 0 Å². The molecule has 2 N–H and O–H groups in total. The monoisotopic (exact) mass is 752 g/mol. The van der Waals surface area contributed by atoms with Crippen LogP contribution >= 0.6 is 0 Å². The normalized spacial score (nSPS) is 11.8. The summed E-state index contributed by atoms with van der Waals surface area (Å²) in [6.45, 7) is 15.0. The zero-order valence-electron chi connectivity index (χ0n) is 33.4. The first-order chi connectivity index (χ1) is 25.9. The fraction of sp³-hybridized carbons (Fsp3) is 0.950. The summed E-state index contributed by atoms with van der Waals surface area (Å²) < 4.78 is 60.3. The Kier molecular flexibility index (Phi) is 49.5. The van der Waals surface area contributed by atoms with Crippen LogP contribution in [-0.4, -0.2) is 152 Å². The molecule has 0 bridgehead atoms. The molecule has 0 saturated carbocycles. The summed E-state index contributed by atoms with van der Waals surface area (Å²) >= 11 is 0. The number of rotatable bonds is 48. The molecule has 12 heteroatoms. The van der Waals surface area contributed by atoms with Gasteiger partial charge in [0.25, 0.3) is 0 Å². The van der Waals surface area contributed by atoms with E-state index >= 15 is 0 Å². The Morgan fingerprint density at radius 2 is 0.500 bits per heavy atom. The van der Waals surface area contributed by atoms with E-state index in [1.54, 1.807) is 0 Å². The van der Waals surface area contributed by atoms with Crippen molar-refractivity contribution in [2.24, 2.45) is 5.73 Å². The van der Waals surface area contributed by atoms with E-state index in [-0.39, 0.29) is 0 Å². The molecule has 0 heterocycles. The van der Waals surface area contributed by atoms with Gasteiger partial charge in [-0.05, 0) is 32.1 Å². The molecule has 0 aromatic heterocycles. The second-order valence-electron chi connectivity index (χ2n) is 12.5. The van der Waals surface area contributed by atoms with E-state index in [1.165, 1.54) is 83.5 Å². The number of nitrogens with two attached hydrogens (primary N) is 1. The zero-order valence-corrected chi connectivity index (χ0v) is 33.4. The van der Waals surface area contributed by atoms with E-state index in [9.17, 15) is 0 Å². The molecule has 0 aromatic rings. The third-order valence-corrected chi connectivity index (χ3v) is 7.78. The van der Waals surface area contributed by atoms with Gasteiger partial charge in [0.2, 0.25) is 0 Å². The van der Waals surface area contributed by atoms with E-state index in [0.29, 0.717) is 145 Å². The highest BCUT2D eigenvalue weighted by molar-refractivity contribution is 4.81. The lowest BCUT2D eigenvalue weighted by Crippen LogP contribution is -2.15. The van der Waals surface area contributed by atoms with Crippen LogP contribution in [0.5, 0.6) is 0 Å². The molecule has 0 fully saturated rings. The van der Waals surface area contributed by atoms with Gasteiger partial charge in [-0.3, -0.25) is 0 Å². The second kappa shape index (κ2) is 50.3. The summed E-state index contributed by atoms with van der Waals surface area (Å²) in [6.07, 6.45) is 23.4. The van der Waals surface area contributed by atoms with E-state index in [0.717, 1.165) is 13.0 Å². The molecule has 0 rings (SSSR count). The van der Waals surface area contributed by atoms with E-state index in [2.05, 4.69) is 19.1 Å². The molecule has 0 radical (unpaired) electrons. The molecule has 0 aliphatic rings. The molecule has 0 spiro atoms. The van der Waals surface area contributed by atoms with Gasteiger partial charge in [0, 0.05) is 13.2 Å². The highest BCUT2D eigenvalue weighted by Gasteiger charge is 1.97. The minimum Gasteiger partial charge on any atom is -0.379 e. The summed E-state index contributed by atoms with van der Waals surface area (Å²) in [5.41, 5.74) is 5.34. The van der Waals surface area contributed by atoms with Crippen LogP contribution in [0.1, 0.15) is 96.8 Å². The summed E-state index contributed by atoms with van der Waals surface area (Å²) in [5, 5.41) is 0. The molecule has 312 valence electrons. The number of allylic oxidation sites excluding steroid dienone is 2. The predicted octanol–water partition coefficient (Wildman–Crippen LogP) is 6.17. The Balaban J connectivity index is 3.07. The molecule has 0 aliphatic carbocycles. The summed E-state index contributed by atoms with van der Waals surface area (Å²) in [5.74, 6) is 0. The highest BCUT2D eigenvalue weighted by atomic mass is 16.6. The van der Waals surface area contributed by atoms with E-state index < -0.39 is 0 Å². The average molecular weight is 752 g/mol. The molecular formula is C40H81NO11. The van der Waals surface area contributed by atoms with Crippen molar-refractivity contribution in [2.75, 3.05) is 152 Å². The van der Waals surface area contributed by atoms with Gasteiger partial charge in [-0.1, -0.05) is 76.9 Å². The van der Waals surface area contributed by atoms with Gasteiger partial charge < -0.3 is 57.8 Å². The molecule has 0 saturated heterocycles. The molecule has 52 heavy (non-hydrogen) atoms. The maximum absolute atomic E-state index is 5.67. The van der Waals surface area contributed by atoms with Crippen LogP contribution in [-0.2, 0) is 52.1 Å². The van der Waals surface area contributed by atoms with Gasteiger partial charge in [0.15, 0.2) is 0 Å². The lowest BCUT2D eigenvalue weighted by molar-refractivity contribution is -0.0274. The molecule has 0 aliphatic heterocycles. The Morgan fingerprint density at radius 3 is 0.788 bits per heavy atom. The third-order valence-electron chi connectivity index (χ3n) is 7.78. The Bertz CT molecular complexity index is 649. The minimum absolute atomic E-state index is 0.520. The second-order valence-corrected chi connectivity index (χ2v) is 12.5. The Morgan fingerprint density at radius 1 is 0.269 bits per heavy atom. The van der Waals surface area contributed by atoms with E-state index in [4.69, 9.17) is 57.8 Å². The van der Waals surface area contributed by atoms with Crippen molar-refractivity contribution in [1.29, 1.82) is 0 Å². The summed E-state index contributed by atoms with van der Waals surface area (Å²) in [4.78, 5) is 0. The maximum Gasteiger partial charge on any atom is 0.0701 e. The fourth-order valence-corrected chi connectivity index (χ4v) is 4.84. The molecule has 0 aromatic carbocycles.